The zero-order valence-electron chi connectivity index (χ0n) is 17.7. The highest BCUT2D eigenvalue weighted by Crippen LogP contribution is 2.27. The van der Waals surface area contributed by atoms with E-state index in [4.69, 9.17) is 0 Å². The summed E-state index contributed by atoms with van der Waals surface area (Å²) in [5.74, 6) is -1.17. The van der Waals surface area contributed by atoms with Gasteiger partial charge in [0.25, 0.3) is 17.2 Å². The number of aromatic amines is 2. The van der Waals surface area contributed by atoms with Crippen LogP contribution in [-0.2, 0) is 4.79 Å². The molecule has 0 spiro atoms. The highest BCUT2D eigenvalue weighted by molar-refractivity contribution is 7.13. The second kappa shape index (κ2) is 7.99. The van der Waals surface area contributed by atoms with E-state index in [-0.39, 0.29) is 22.9 Å². The van der Waals surface area contributed by atoms with Gasteiger partial charge in [0.05, 0.1) is 10.4 Å². The topological polar surface area (TPSA) is 126 Å². The van der Waals surface area contributed by atoms with Gasteiger partial charge in [-0.2, -0.15) is 9.78 Å². The zero-order valence-corrected chi connectivity index (χ0v) is 18.5. The minimum Gasteiger partial charge on any atom is -0.360 e. The van der Waals surface area contributed by atoms with Gasteiger partial charge in [0.2, 0.25) is 5.95 Å². The van der Waals surface area contributed by atoms with Gasteiger partial charge in [0.1, 0.15) is 11.5 Å². The van der Waals surface area contributed by atoms with Crippen LogP contribution in [-0.4, -0.2) is 36.4 Å². The molecule has 1 aromatic carbocycles. The number of nitrogens with zero attached hydrogens (tertiary/aromatic N) is 3. The van der Waals surface area contributed by atoms with Crippen molar-refractivity contribution in [1.29, 1.82) is 0 Å². The number of aromatic nitrogens is 5. The molecule has 0 saturated carbocycles. The summed E-state index contributed by atoms with van der Waals surface area (Å²) >= 11 is 1.47. The molecule has 9 nitrogen and oxygen atoms in total. The lowest BCUT2D eigenvalue weighted by Gasteiger charge is -2.09. The van der Waals surface area contributed by atoms with Crippen LogP contribution in [0.4, 0.5) is 5.82 Å². The van der Waals surface area contributed by atoms with E-state index >= 15 is 0 Å². The lowest BCUT2D eigenvalue weighted by atomic mass is 10.1. The fraction of sp³-hybridized carbons (Fsp3) is 0.0870. The van der Waals surface area contributed by atoms with Crippen molar-refractivity contribution in [3.63, 3.8) is 0 Å². The van der Waals surface area contributed by atoms with Crippen molar-refractivity contribution >= 4 is 39.7 Å². The summed E-state index contributed by atoms with van der Waals surface area (Å²) in [5.41, 5.74) is 2.32. The molecule has 5 rings (SSSR count). The van der Waals surface area contributed by atoms with E-state index in [9.17, 15) is 14.4 Å². The number of carbonyl (C=O) groups excluding carboxylic acids is 2. The summed E-state index contributed by atoms with van der Waals surface area (Å²) in [5, 5.41) is 9.72. The molecule has 0 saturated heterocycles. The largest absolute Gasteiger partial charge is 0.360 e. The lowest BCUT2D eigenvalue weighted by molar-refractivity contribution is -0.112. The minimum absolute atomic E-state index is 0.140. The number of aryl methyl sites for hydroxylation is 1. The van der Waals surface area contributed by atoms with Gasteiger partial charge < -0.3 is 10.3 Å². The third-order valence-corrected chi connectivity index (χ3v) is 6.24. The summed E-state index contributed by atoms with van der Waals surface area (Å²) in [7, 11) is 0. The number of carbonyl (C=O) groups is 2. The van der Waals surface area contributed by atoms with Gasteiger partial charge in [-0.25, -0.2) is 4.98 Å². The maximum absolute atomic E-state index is 12.9. The summed E-state index contributed by atoms with van der Waals surface area (Å²) in [6.45, 7) is 3.39. The van der Waals surface area contributed by atoms with E-state index in [0.717, 1.165) is 10.4 Å². The molecule has 0 unspecified atom stereocenters. The molecule has 0 aliphatic carbocycles. The molecule has 0 aliphatic rings. The fourth-order valence-electron chi connectivity index (χ4n) is 3.46. The summed E-state index contributed by atoms with van der Waals surface area (Å²) in [6.07, 6.45) is 1.52. The zero-order chi connectivity index (χ0) is 23.1. The van der Waals surface area contributed by atoms with Crippen LogP contribution in [0.3, 0.4) is 0 Å². The number of Topliss-reactive ketones (excluding diaryl/α,β-unsaturated/α-hetero) is 1. The van der Waals surface area contributed by atoms with E-state index < -0.39 is 11.7 Å². The molecule has 0 aliphatic heterocycles. The Kier molecular flexibility index (Phi) is 4.98. The first kappa shape index (κ1) is 20.6. The van der Waals surface area contributed by atoms with Crippen LogP contribution >= 0.6 is 11.3 Å². The predicted molar refractivity (Wildman–Crippen MR) is 126 cm³/mol. The molecule has 4 aromatic heterocycles. The molecule has 1 amide bonds. The molecule has 4 heterocycles. The average Bonchev–Trinajstić information content (AvgIpc) is 3.56. The van der Waals surface area contributed by atoms with Gasteiger partial charge >= 0.3 is 0 Å². The lowest BCUT2D eigenvalue weighted by Crippen LogP contribution is -2.25. The summed E-state index contributed by atoms with van der Waals surface area (Å²) < 4.78 is 1.32. The minimum atomic E-state index is -0.829. The molecular weight excluding hydrogens is 440 g/mol. The first-order valence-corrected chi connectivity index (χ1v) is 10.9. The second-order valence-electron chi connectivity index (χ2n) is 7.44. The number of amides is 1. The van der Waals surface area contributed by atoms with Crippen LogP contribution in [0.15, 0.2) is 58.8 Å². The molecule has 0 atom stereocenters. The SMILES string of the molecule is Cc1nc(-n2nc(-c3cccs3)cc2NC(=O)C(=O)c2c[nH]c3ccccc23)[nH]c(=O)c1C. The van der Waals surface area contributed by atoms with Crippen LogP contribution in [0, 0.1) is 13.8 Å². The number of benzene rings is 1. The van der Waals surface area contributed by atoms with Crippen molar-refractivity contribution in [2.24, 2.45) is 0 Å². The third kappa shape index (κ3) is 3.66. The van der Waals surface area contributed by atoms with Crippen LogP contribution in [0.5, 0.6) is 0 Å². The first-order valence-electron chi connectivity index (χ1n) is 10.1. The maximum Gasteiger partial charge on any atom is 0.298 e. The first-order chi connectivity index (χ1) is 15.9. The number of H-pyrrole nitrogens is 2. The number of hydrogen-bond acceptors (Lipinski definition) is 6. The van der Waals surface area contributed by atoms with Gasteiger partial charge in [0, 0.05) is 34.4 Å². The van der Waals surface area contributed by atoms with Crippen molar-refractivity contribution in [1.82, 2.24) is 24.7 Å². The Hall–Kier alpha value is -4.31. The Morgan fingerprint density at radius 2 is 1.94 bits per heavy atom. The fourth-order valence-corrected chi connectivity index (χ4v) is 4.14. The number of hydrogen-bond donors (Lipinski definition) is 3. The third-order valence-electron chi connectivity index (χ3n) is 5.35. The van der Waals surface area contributed by atoms with E-state index in [1.54, 1.807) is 32.0 Å². The molecule has 0 radical (unpaired) electrons. The van der Waals surface area contributed by atoms with Gasteiger partial charge in [-0.3, -0.25) is 19.4 Å². The quantitative estimate of drug-likeness (QED) is 0.274. The molecule has 5 aromatic rings. The standard InChI is InChI=1S/C23H18N6O3S/c1-12-13(2)25-23(27-21(12)31)29-19(10-17(28-29)18-8-5-9-33-18)26-22(32)20(30)15-11-24-16-7-4-3-6-14(15)16/h3-11,24H,1-2H3,(H,26,32)(H,25,27,31). The van der Waals surface area contributed by atoms with Gasteiger partial charge in [0.15, 0.2) is 0 Å². The number of para-hydroxylation sites is 1. The van der Waals surface area contributed by atoms with Gasteiger partial charge in [-0.1, -0.05) is 24.3 Å². The Morgan fingerprint density at radius 1 is 1.12 bits per heavy atom. The van der Waals surface area contributed by atoms with Gasteiger partial charge in [-0.15, -0.1) is 11.3 Å². The highest BCUT2D eigenvalue weighted by Gasteiger charge is 2.23. The number of thiophene rings is 1. The Labute approximate surface area is 191 Å². The Morgan fingerprint density at radius 3 is 2.70 bits per heavy atom. The highest BCUT2D eigenvalue weighted by atomic mass is 32.1. The van der Waals surface area contributed by atoms with E-state index in [2.05, 4.69) is 25.4 Å². The average molecular weight is 459 g/mol. The smallest absolute Gasteiger partial charge is 0.298 e. The van der Waals surface area contributed by atoms with Crippen molar-refractivity contribution in [3.8, 4) is 16.5 Å². The predicted octanol–water partition coefficient (Wildman–Crippen LogP) is 3.60. The molecule has 33 heavy (non-hydrogen) atoms. The Balaban J connectivity index is 1.55. The van der Waals surface area contributed by atoms with E-state index in [0.29, 0.717) is 22.3 Å². The van der Waals surface area contributed by atoms with E-state index in [1.807, 2.05) is 29.6 Å². The van der Waals surface area contributed by atoms with Crippen molar-refractivity contribution in [2.75, 3.05) is 5.32 Å². The number of rotatable bonds is 5. The Bertz CT molecular complexity index is 1580. The monoisotopic (exact) mass is 458 g/mol. The molecule has 0 bridgehead atoms. The summed E-state index contributed by atoms with van der Waals surface area (Å²) in [6, 6.07) is 12.7. The van der Waals surface area contributed by atoms with Crippen LogP contribution in [0.1, 0.15) is 21.6 Å². The van der Waals surface area contributed by atoms with Crippen LogP contribution in [0.25, 0.3) is 27.4 Å². The van der Waals surface area contributed by atoms with E-state index in [1.165, 1.54) is 22.2 Å². The van der Waals surface area contributed by atoms with Crippen LogP contribution in [0.2, 0.25) is 0 Å². The summed E-state index contributed by atoms with van der Waals surface area (Å²) in [4.78, 5) is 49.1. The van der Waals surface area contributed by atoms with Gasteiger partial charge in [-0.05, 0) is 31.4 Å². The molecule has 10 heteroatoms. The number of ketones is 1. The number of nitrogens with one attached hydrogen (secondary N) is 3. The molecule has 164 valence electrons. The normalized spacial score (nSPS) is 11.1. The second-order valence-corrected chi connectivity index (χ2v) is 8.38. The van der Waals surface area contributed by atoms with Crippen molar-refractivity contribution in [3.05, 3.63) is 81.2 Å². The molecule has 3 N–H and O–H groups in total. The number of fused-ring (bicyclic) bond motifs is 1. The van der Waals surface area contributed by atoms with Crippen molar-refractivity contribution < 1.29 is 9.59 Å². The molecular formula is C23H18N6O3S. The van der Waals surface area contributed by atoms with Crippen LogP contribution < -0.4 is 10.9 Å². The molecule has 0 fully saturated rings. The maximum atomic E-state index is 12.9. The number of anilines is 1. The van der Waals surface area contributed by atoms with Crippen molar-refractivity contribution in [2.45, 2.75) is 13.8 Å².